The first-order valence-electron chi connectivity index (χ1n) is 17.4. The summed E-state index contributed by atoms with van der Waals surface area (Å²) in [7, 11) is -2.43. The van der Waals surface area contributed by atoms with Crippen molar-refractivity contribution in [2.75, 3.05) is 20.1 Å². The molecular formula is C36H51N7O6S2. The van der Waals surface area contributed by atoms with Crippen molar-refractivity contribution in [3.8, 4) is 0 Å². The minimum atomic E-state index is -4.06. The number of carbonyl (C=O) groups excluding carboxylic acids is 2. The van der Waals surface area contributed by atoms with E-state index in [1.165, 1.54) is 38.9 Å². The van der Waals surface area contributed by atoms with E-state index >= 15 is 0 Å². The number of rotatable bonds is 18. The number of nitrogens with zero attached hydrogens (tertiary/aromatic N) is 4. The fourth-order valence-electron chi connectivity index (χ4n) is 6.23. The maximum atomic E-state index is 14.1. The van der Waals surface area contributed by atoms with Crippen LogP contribution in [0, 0.1) is 11.8 Å². The first-order valence-corrected chi connectivity index (χ1v) is 19.7. The van der Waals surface area contributed by atoms with Gasteiger partial charge in [0.15, 0.2) is 0 Å². The van der Waals surface area contributed by atoms with Crippen molar-refractivity contribution in [1.29, 1.82) is 0 Å². The van der Waals surface area contributed by atoms with Gasteiger partial charge in [0.2, 0.25) is 15.9 Å². The molecule has 3 aromatic rings. The van der Waals surface area contributed by atoms with Crippen molar-refractivity contribution in [3.05, 3.63) is 81.8 Å². The molecule has 278 valence electrons. The lowest BCUT2D eigenvalue weighted by Crippen LogP contribution is -2.58. The normalized spacial score (nSPS) is 16.2. The highest BCUT2D eigenvalue weighted by atomic mass is 32.2. The summed E-state index contributed by atoms with van der Waals surface area (Å²) in [6, 6.07) is 13.1. The van der Waals surface area contributed by atoms with Gasteiger partial charge in [0, 0.05) is 32.1 Å². The number of thiazole rings is 1. The third-order valence-electron chi connectivity index (χ3n) is 9.44. The third kappa shape index (κ3) is 11.3. The molecule has 4 rings (SSSR count). The fraction of sp³-hybridized carbons (Fsp3) is 0.500. The van der Waals surface area contributed by atoms with E-state index in [1.54, 1.807) is 19.2 Å². The molecule has 0 spiro atoms. The first-order chi connectivity index (χ1) is 24.4. The van der Waals surface area contributed by atoms with Crippen molar-refractivity contribution >= 4 is 39.5 Å². The Hall–Kier alpha value is -3.89. The highest BCUT2D eigenvalue weighted by Gasteiger charge is 2.35. The van der Waals surface area contributed by atoms with Gasteiger partial charge in [-0.1, -0.05) is 80.7 Å². The summed E-state index contributed by atoms with van der Waals surface area (Å²) in [5.74, 6) is -0.585. The number of nitrogens with two attached hydrogens (primary N) is 1. The van der Waals surface area contributed by atoms with E-state index in [0.29, 0.717) is 24.2 Å². The number of aliphatic hydroxyl groups is 1. The fourth-order valence-corrected chi connectivity index (χ4v) is 8.43. The average Bonchev–Trinajstić information content (AvgIpc) is 3.82. The van der Waals surface area contributed by atoms with Gasteiger partial charge in [-0.25, -0.2) is 18.2 Å². The molecule has 2 aromatic carbocycles. The smallest absolute Gasteiger partial charge is 0.318 e. The van der Waals surface area contributed by atoms with Gasteiger partial charge in [-0.3, -0.25) is 4.79 Å². The van der Waals surface area contributed by atoms with Crippen molar-refractivity contribution in [1.82, 2.24) is 24.8 Å². The topological polar surface area (TPSA) is 191 Å². The van der Waals surface area contributed by atoms with Gasteiger partial charge in [-0.2, -0.15) is 4.31 Å². The maximum absolute atomic E-state index is 14.1. The highest BCUT2D eigenvalue weighted by molar-refractivity contribution is 7.89. The number of hydrogen-bond acceptors (Lipinski definition) is 10. The lowest BCUT2D eigenvalue weighted by Gasteiger charge is -2.33. The minimum absolute atomic E-state index is 0.0481. The summed E-state index contributed by atoms with van der Waals surface area (Å²) < 4.78 is 29.5. The van der Waals surface area contributed by atoms with E-state index in [1.807, 2.05) is 49.6 Å². The van der Waals surface area contributed by atoms with Gasteiger partial charge >= 0.3 is 6.03 Å². The second-order valence-corrected chi connectivity index (χ2v) is 16.1. The molecule has 6 N–H and O–H groups in total. The molecule has 0 saturated heterocycles. The second-order valence-electron chi connectivity index (χ2n) is 13.3. The van der Waals surface area contributed by atoms with E-state index in [-0.39, 0.29) is 42.8 Å². The number of sulfonamides is 1. The lowest BCUT2D eigenvalue weighted by molar-refractivity contribution is -0.125. The number of nitrogens with one attached hydrogen (secondary N) is 2. The quantitative estimate of drug-likeness (QED) is 0.0736. The van der Waals surface area contributed by atoms with E-state index in [9.17, 15) is 23.1 Å². The summed E-state index contributed by atoms with van der Waals surface area (Å²) in [6.45, 7) is 4.32. The Labute approximate surface area is 305 Å². The Kier molecular flexibility index (Phi) is 14.9. The molecule has 1 aromatic heterocycles. The van der Waals surface area contributed by atoms with E-state index in [4.69, 9.17) is 10.9 Å². The van der Waals surface area contributed by atoms with Crippen molar-refractivity contribution in [3.63, 3.8) is 0 Å². The predicted octanol–water partition coefficient (Wildman–Crippen LogP) is 3.94. The Balaban J connectivity index is 1.57. The monoisotopic (exact) mass is 741 g/mol. The van der Waals surface area contributed by atoms with Crippen LogP contribution in [0.1, 0.15) is 67.8 Å². The Bertz CT molecular complexity index is 1680. The molecule has 15 heteroatoms. The number of aliphatic hydroxyl groups excluding tert-OH is 1. The Morgan fingerprint density at radius 1 is 1.12 bits per heavy atom. The van der Waals surface area contributed by atoms with Gasteiger partial charge < -0.3 is 31.6 Å². The Morgan fingerprint density at radius 3 is 2.41 bits per heavy atom. The van der Waals surface area contributed by atoms with Crippen LogP contribution in [0.4, 0.5) is 4.79 Å². The zero-order valence-corrected chi connectivity index (χ0v) is 31.2. The summed E-state index contributed by atoms with van der Waals surface area (Å²) >= 11 is 1.42. The summed E-state index contributed by atoms with van der Waals surface area (Å²) in [5.41, 5.74) is 7.76. The predicted molar refractivity (Wildman–Crippen MR) is 198 cm³/mol. The highest BCUT2D eigenvalue weighted by Crippen LogP contribution is 2.28. The van der Waals surface area contributed by atoms with Gasteiger partial charge in [0.05, 0.1) is 35.5 Å². The van der Waals surface area contributed by atoms with Crippen LogP contribution in [0.5, 0.6) is 0 Å². The van der Waals surface area contributed by atoms with Crippen LogP contribution in [-0.4, -0.2) is 89.4 Å². The van der Waals surface area contributed by atoms with Crippen LogP contribution in [0.15, 0.2) is 70.0 Å². The maximum Gasteiger partial charge on any atom is 0.318 e. The molecule has 4 atom stereocenters. The van der Waals surface area contributed by atoms with Gasteiger partial charge in [0.25, 0.3) is 0 Å². The number of urea groups is 1. The SMILES string of the molecule is CC[C@H](C)[C@H](NC(=O)N(C)Cc1csc(CN)n1)C(=O)N[C@@H](Cc1ccccc1)[C@H](O)CN(CC1CCCC1)S(=O)(=O)c1ccc(C=NO)cc1. The molecule has 0 aliphatic heterocycles. The average molecular weight is 742 g/mol. The standard InChI is InChI=1S/C36H51N7O6S2/c1-4-25(2)34(41-36(46)42(3)22-29-24-50-33(19-37)39-29)35(45)40-31(18-26-10-6-5-7-11-26)32(44)23-43(21-28-12-8-9-13-28)51(48,49)30-16-14-27(15-17-30)20-38-47/h5-7,10-11,14-17,20,24-25,28,31-32,34,44,47H,4,8-9,12-13,18-19,21-23,37H2,1-3H3,(H,40,45)(H,41,46)/t25-,31-,32+,34-/m0/s1. The largest absolute Gasteiger partial charge is 0.411 e. The molecule has 0 bridgehead atoms. The number of benzene rings is 2. The molecule has 1 heterocycles. The number of oxime groups is 1. The zero-order valence-electron chi connectivity index (χ0n) is 29.5. The van der Waals surface area contributed by atoms with Crippen LogP contribution < -0.4 is 16.4 Å². The Morgan fingerprint density at radius 2 is 1.80 bits per heavy atom. The van der Waals surface area contributed by atoms with Crippen LogP contribution in [-0.2, 0) is 34.3 Å². The van der Waals surface area contributed by atoms with E-state index in [0.717, 1.165) is 36.3 Å². The zero-order chi connectivity index (χ0) is 37.0. The lowest BCUT2D eigenvalue weighted by atomic mass is 9.96. The third-order valence-corrected chi connectivity index (χ3v) is 12.2. The molecule has 0 unspecified atom stereocenters. The van der Waals surface area contributed by atoms with Gasteiger partial charge in [0.1, 0.15) is 11.0 Å². The van der Waals surface area contributed by atoms with Crippen LogP contribution in [0.3, 0.4) is 0 Å². The molecule has 13 nitrogen and oxygen atoms in total. The summed E-state index contributed by atoms with van der Waals surface area (Å²) in [5, 5.41) is 32.2. The summed E-state index contributed by atoms with van der Waals surface area (Å²) in [6.07, 6.45) is 4.55. The molecular weight excluding hydrogens is 691 g/mol. The number of carbonyl (C=O) groups is 2. The van der Waals surface area contributed by atoms with Gasteiger partial charge in [-0.15, -0.1) is 11.3 Å². The number of amides is 3. The van der Waals surface area contributed by atoms with Crippen LogP contribution in [0.25, 0.3) is 0 Å². The minimum Gasteiger partial charge on any atom is -0.411 e. The first kappa shape index (κ1) is 39.9. The second kappa shape index (κ2) is 19.1. The molecule has 1 fully saturated rings. The van der Waals surface area contributed by atoms with Gasteiger partial charge in [-0.05, 0) is 54.4 Å². The molecule has 1 aliphatic carbocycles. The van der Waals surface area contributed by atoms with Crippen LogP contribution in [0.2, 0.25) is 0 Å². The molecule has 0 radical (unpaired) electrons. The number of aromatic nitrogens is 1. The molecule has 1 aliphatic rings. The van der Waals surface area contributed by atoms with Crippen LogP contribution >= 0.6 is 11.3 Å². The molecule has 3 amide bonds. The van der Waals surface area contributed by atoms with E-state index < -0.39 is 40.1 Å². The van der Waals surface area contributed by atoms with Crippen molar-refractivity contribution in [2.24, 2.45) is 22.7 Å². The van der Waals surface area contributed by atoms with Crippen molar-refractivity contribution < 1.29 is 28.3 Å². The number of hydrogen-bond donors (Lipinski definition) is 5. The van der Waals surface area contributed by atoms with Crippen molar-refractivity contribution in [2.45, 2.75) is 88.5 Å². The van der Waals surface area contributed by atoms with E-state index in [2.05, 4.69) is 20.8 Å². The molecule has 1 saturated carbocycles. The molecule has 51 heavy (non-hydrogen) atoms. The summed E-state index contributed by atoms with van der Waals surface area (Å²) in [4.78, 5) is 33.3.